The maximum atomic E-state index is 11.6. The Hall–Kier alpha value is -1.52. The van der Waals surface area contributed by atoms with Gasteiger partial charge in [0, 0.05) is 6.54 Å². The van der Waals surface area contributed by atoms with Crippen LogP contribution in [0.4, 0.5) is 4.79 Å². The molecule has 0 aromatic heterocycles. The fraction of sp³-hybridized carbons (Fsp3) is 0.667. The summed E-state index contributed by atoms with van der Waals surface area (Å²) >= 11 is 0. The molecule has 0 unspecified atom stereocenters. The minimum absolute atomic E-state index is 0.406. The molecule has 5 nitrogen and oxygen atoms in total. The average molecular weight is 240 g/mol. The van der Waals surface area contributed by atoms with Crippen LogP contribution in [0.2, 0.25) is 0 Å². The molecule has 0 aliphatic heterocycles. The van der Waals surface area contributed by atoms with E-state index in [-0.39, 0.29) is 0 Å². The summed E-state index contributed by atoms with van der Waals surface area (Å²) in [6.07, 6.45) is 6.13. The Kier molecular flexibility index (Phi) is 5.00. The maximum Gasteiger partial charge on any atom is 0.329 e. The molecule has 1 rings (SSSR count). The van der Waals surface area contributed by atoms with Crippen molar-refractivity contribution in [3.8, 4) is 0 Å². The monoisotopic (exact) mass is 240 g/mol. The molecule has 3 N–H and O–H groups in total. The molecule has 0 heterocycles. The first-order valence-corrected chi connectivity index (χ1v) is 6.01. The summed E-state index contributed by atoms with van der Waals surface area (Å²) in [5.74, 6) is -0.934. The van der Waals surface area contributed by atoms with Crippen LogP contribution < -0.4 is 10.6 Å². The normalized spacial score (nSPS) is 18.1. The molecule has 0 radical (unpaired) electrons. The van der Waals surface area contributed by atoms with Crippen LogP contribution in [-0.4, -0.2) is 29.2 Å². The van der Waals surface area contributed by atoms with Crippen molar-refractivity contribution >= 4 is 12.0 Å². The highest BCUT2D eigenvalue weighted by molar-refractivity contribution is 5.86. The van der Waals surface area contributed by atoms with Crippen LogP contribution in [0.25, 0.3) is 0 Å². The molecule has 1 aliphatic rings. The van der Waals surface area contributed by atoms with Gasteiger partial charge in [0.25, 0.3) is 0 Å². The van der Waals surface area contributed by atoms with Gasteiger partial charge >= 0.3 is 12.0 Å². The number of carbonyl (C=O) groups is 2. The van der Waals surface area contributed by atoms with Gasteiger partial charge in [0.05, 0.1) is 0 Å². The van der Waals surface area contributed by atoms with Crippen LogP contribution in [0, 0.1) is 0 Å². The van der Waals surface area contributed by atoms with E-state index in [4.69, 9.17) is 0 Å². The molecule has 2 amide bonds. The van der Waals surface area contributed by atoms with Gasteiger partial charge < -0.3 is 15.7 Å². The molecule has 0 atom stereocenters. The Morgan fingerprint density at radius 1 is 1.29 bits per heavy atom. The number of amides is 2. The predicted molar refractivity (Wildman–Crippen MR) is 64.8 cm³/mol. The van der Waals surface area contributed by atoms with Gasteiger partial charge in [-0.3, -0.25) is 0 Å². The third-order valence-electron chi connectivity index (χ3n) is 3.10. The van der Waals surface area contributed by atoms with Crippen LogP contribution in [0.1, 0.15) is 38.5 Å². The molecule has 1 saturated carbocycles. The zero-order chi connectivity index (χ0) is 12.7. The van der Waals surface area contributed by atoms with Crippen LogP contribution in [0.5, 0.6) is 0 Å². The number of carboxylic acids is 1. The summed E-state index contributed by atoms with van der Waals surface area (Å²) in [6.45, 7) is 4.03. The molecule has 0 saturated heterocycles. The first-order chi connectivity index (χ1) is 8.10. The first kappa shape index (κ1) is 13.5. The zero-order valence-electron chi connectivity index (χ0n) is 10.00. The second-order valence-corrected chi connectivity index (χ2v) is 4.41. The lowest BCUT2D eigenvalue weighted by Gasteiger charge is -2.33. The van der Waals surface area contributed by atoms with Crippen molar-refractivity contribution in [3.05, 3.63) is 12.7 Å². The van der Waals surface area contributed by atoms with E-state index in [1.165, 1.54) is 0 Å². The quantitative estimate of drug-likeness (QED) is 0.505. The van der Waals surface area contributed by atoms with Gasteiger partial charge in [0.1, 0.15) is 5.54 Å². The Bertz CT molecular complexity index is 296. The Morgan fingerprint density at radius 3 is 2.47 bits per heavy atom. The number of nitrogens with one attached hydrogen (secondary N) is 2. The zero-order valence-corrected chi connectivity index (χ0v) is 10.00. The highest BCUT2D eigenvalue weighted by atomic mass is 16.4. The topological polar surface area (TPSA) is 78.4 Å². The molecule has 17 heavy (non-hydrogen) atoms. The summed E-state index contributed by atoms with van der Waals surface area (Å²) in [4.78, 5) is 22.9. The minimum atomic E-state index is -1.07. The number of urea groups is 1. The van der Waals surface area contributed by atoms with E-state index in [1.54, 1.807) is 6.08 Å². The fourth-order valence-corrected chi connectivity index (χ4v) is 2.10. The van der Waals surface area contributed by atoms with Crippen LogP contribution in [0.3, 0.4) is 0 Å². The number of hydrogen-bond acceptors (Lipinski definition) is 2. The van der Waals surface area contributed by atoms with Gasteiger partial charge in [-0.1, -0.05) is 25.3 Å². The molecule has 0 aromatic rings. The number of carboxylic acid groups (broad SMARTS) is 1. The van der Waals surface area contributed by atoms with E-state index in [0.29, 0.717) is 25.8 Å². The van der Waals surface area contributed by atoms with Gasteiger partial charge in [-0.25, -0.2) is 9.59 Å². The highest BCUT2D eigenvalue weighted by Gasteiger charge is 2.40. The Labute approximate surface area is 101 Å². The molecule has 1 fully saturated rings. The van der Waals surface area contributed by atoms with Gasteiger partial charge in [-0.2, -0.15) is 0 Å². The van der Waals surface area contributed by atoms with Gasteiger partial charge in [0.2, 0.25) is 0 Å². The third-order valence-corrected chi connectivity index (χ3v) is 3.10. The first-order valence-electron chi connectivity index (χ1n) is 6.01. The second kappa shape index (κ2) is 6.27. The smallest absolute Gasteiger partial charge is 0.329 e. The van der Waals surface area contributed by atoms with Crippen molar-refractivity contribution in [3.63, 3.8) is 0 Å². The van der Waals surface area contributed by atoms with E-state index < -0.39 is 17.5 Å². The van der Waals surface area contributed by atoms with E-state index >= 15 is 0 Å². The number of rotatable bonds is 5. The molecular formula is C12H20N2O3. The molecule has 0 aromatic carbocycles. The molecule has 0 spiro atoms. The van der Waals surface area contributed by atoms with Crippen molar-refractivity contribution in [1.82, 2.24) is 10.6 Å². The number of carbonyl (C=O) groups excluding carboxylic acids is 1. The molecule has 0 bridgehead atoms. The van der Waals surface area contributed by atoms with Gasteiger partial charge in [-0.05, 0) is 19.3 Å². The highest BCUT2D eigenvalue weighted by Crippen LogP contribution is 2.28. The lowest BCUT2D eigenvalue weighted by atomic mass is 9.82. The summed E-state index contributed by atoms with van der Waals surface area (Å²) in [5.41, 5.74) is -1.07. The number of aliphatic carboxylic acids is 1. The summed E-state index contributed by atoms with van der Waals surface area (Å²) in [7, 11) is 0. The summed E-state index contributed by atoms with van der Waals surface area (Å²) < 4.78 is 0. The fourth-order valence-electron chi connectivity index (χ4n) is 2.10. The standard InChI is InChI=1S/C12H20N2O3/c1-2-3-9-13-11(17)14-12(10(15)16)7-5-4-6-8-12/h2H,1,3-9H2,(H,15,16)(H2,13,14,17). The predicted octanol–water partition coefficient (Wildman–Crippen LogP) is 1.65. The van der Waals surface area contributed by atoms with E-state index in [9.17, 15) is 14.7 Å². The van der Waals surface area contributed by atoms with Crippen molar-refractivity contribution < 1.29 is 14.7 Å². The van der Waals surface area contributed by atoms with E-state index in [1.807, 2.05) is 0 Å². The van der Waals surface area contributed by atoms with E-state index in [0.717, 1.165) is 19.3 Å². The van der Waals surface area contributed by atoms with Gasteiger partial charge in [-0.15, -0.1) is 6.58 Å². The summed E-state index contributed by atoms with van der Waals surface area (Å²) in [6, 6.07) is -0.406. The van der Waals surface area contributed by atoms with Crippen molar-refractivity contribution in [2.24, 2.45) is 0 Å². The minimum Gasteiger partial charge on any atom is -0.480 e. The SMILES string of the molecule is C=CCCNC(=O)NC1(C(=O)O)CCCCC1. The maximum absolute atomic E-state index is 11.6. The van der Waals surface area contributed by atoms with E-state index in [2.05, 4.69) is 17.2 Å². The van der Waals surface area contributed by atoms with Crippen molar-refractivity contribution in [2.45, 2.75) is 44.1 Å². The lowest BCUT2D eigenvalue weighted by molar-refractivity contribution is -0.145. The summed E-state index contributed by atoms with van der Waals surface area (Å²) in [5, 5.41) is 14.5. The Morgan fingerprint density at radius 2 is 1.94 bits per heavy atom. The largest absolute Gasteiger partial charge is 0.480 e. The van der Waals surface area contributed by atoms with Gasteiger partial charge in [0.15, 0.2) is 0 Å². The lowest BCUT2D eigenvalue weighted by Crippen LogP contribution is -2.58. The van der Waals surface area contributed by atoms with Crippen LogP contribution in [0.15, 0.2) is 12.7 Å². The van der Waals surface area contributed by atoms with Crippen molar-refractivity contribution in [2.75, 3.05) is 6.54 Å². The molecular weight excluding hydrogens is 220 g/mol. The second-order valence-electron chi connectivity index (χ2n) is 4.41. The molecule has 5 heteroatoms. The number of hydrogen-bond donors (Lipinski definition) is 3. The Balaban J connectivity index is 2.51. The molecule has 96 valence electrons. The molecule has 1 aliphatic carbocycles. The average Bonchev–Trinajstić information content (AvgIpc) is 2.30. The van der Waals surface area contributed by atoms with Crippen LogP contribution >= 0.6 is 0 Å². The third kappa shape index (κ3) is 3.76. The van der Waals surface area contributed by atoms with Crippen LogP contribution in [-0.2, 0) is 4.79 Å². The van der Waals surface area contributed by atoms with Crippen molar-refractivity contribution in [1.29, 1.82) is 0 Å².